The third kappa shape index (κ3) is 1.68. The quantitative estimate of drug-likeness (QED) is 0.679. The number of rotatable bonds is 2. The molecule has 2 nitrogen and oxygen atoms in total. The van der Waals surface area contributed by atoms with Gasteiger partial charge in [-0.25, -0.2) is 0 Å². The molecule has 0 saturated carbocycles. The molecule has 2 N–H and O–H groups in total. The molecule has 4 heteroatoms. The fraction of sp³-hybridized carbons (Fsp3) is 0.200. The molecule has 0 unspecified atom stereocenters. The lowest BCUT2D eigenvalue weighted by Gasteiger charge is -1.97. The Bertz CT molecular complexity index is 466. The van der Waals surface area contributed by atoms with Crippen molar-refractivity contribution in [3.8, 4) is 5.06 Å². The number of hydrogen-bond acceptors (Lipinski definition) is 3. The van der Waals surface area contributed by atoms with Crippen molar-refractivity contribution in [2.45, 2.75) is 6.92 Å². The maximum Gasteiger partial charge on any atom is 0.174 e. The molecule has 0 spiro atoms. The lowest BCUT2D eigenvalue weighted by atomic mass is 10.2. The van der Waals surface area contributed by atoms with E-state index in [0.717, 1.165) is 14.3 Å². The van der Waals surface area contributed by atoms with E-state index in [0.29, 0.717) is 6.61 Å². The van der Waals surface area contributed by atoms with Crippen molar-refractivity contribution in [2.75, 3.05) is 12.3 Å². The third-order valence-corrected chi connectivity index (χ3v) is 4.53. The molecular weight excluding hydrogens is 309 g/mol. The molecule has 0 aliphatic carbocycles. The number of thiophene rings is 1. The van der Waals surface area contributed by atoms with Gasteiger partial charge in [0.1, 0.15) is 0 Å². The first kappa shape index (κ1) is 10.0. The molecule has 0 radical (unpaired) electrons. The van der Waals surface area contributed by atoms with E-state index in [-0.39, 0.29) is 0 Å². The Balaban J connectivity index is 2.59. The Morgan fingerprint density at radius 2 is 2.29 bits per heavy atom. The molecule has 0 atom stereocenters. The van der Waals surface area contributed by atoms with Crippen molar-refractivity contribution in [1.82, 2.24) is 0 Å². The van der Waals surface area contributed by atoms with Gasteiger partial charge in [-0.05, 0) is 47.0 Å². The zero-order chi connectivity index (χ0) is 10.1. The van der Waals surface area contributed by atoms with Gasteiger partial charge in [0.15, 0.2) is 5.06 Å². The van der Waals surface area contributed by atoms with Crippen LogP contribution in [-0.4, -0.2) is 6.61 Å². The van der Waals surface area contributed by atoms with E-state index >= 15 is 0 Å². The minimum absolute atomic E-state index is 0.707. The van der Waals surface area contributed by atoms with E-state index in [1.54, 1.807) is 11.3 Å². The fourth-order valence-electron chi connectivity index (χ4n) is 1.27. The van der Waals surface area contributed by atoms with Crippen molar-refractivity contribution in [2.24, 2.45) is 0 Å². The lowest BCUT2D eigenvalue weighted by Crippen LogP contribution is -1.87. The average molecular weight is 319 g/mol. The van der Waals surface area contributed by atoms with Crippen LogP contribution in [0.15, 0.2) is 18.2 Å². The Morgan fingerprint density at radius 1 is 1.50 bits per heavy atom. The highest BCUT2D eigenvalue weighted by Gasteiger charge is 2.07. The first-order chi connectivity index (χ1) is 6.72. The molecule has 0 amide bonds. The molecule has 2 rings (SSSR count). The van der Waals surface area contributed by atoms with Gasteiger partial charge in [-0.2, -0.15) is 0 Å². The lowest BCUT2D eigenvalue weighted by molar-refractivity contribution is 0.350. The van der Waals surface area contributed by atoms with Gasteiger partial charge in [0.05, 0.1) is 14.9 Å². The summed E-state index contributed by atoms with van der Waals surface area (Å²) in [5.41, 5.74) is 6.66. The van der Waals surface area contributed by atoms with Crippen LogP contribution in [0.3, 0.4) is 0 Å². The number of ether oxygens (including phenoxy) is 1. The summed E-state index contributed by atoms with van der Waals surface area (Å²) in [4.78, 5) is 0. The van der Waals surface area contributed by atoms with Gasteiger partial charge < -0.3 is 10.5 Å². The summed E-state index contributed by atoms with van der Waals surface area (Å²) < 4.78 is 7.80. The number of halogens is 1. The molecule has 0 aliphatic rings. The minimum atomic E-state index is 0.707. The van der Waals surface area contributed by atoms with Crippen LogP contribution in [0, 0.1) is 3.57 Å². The van der Waals surface area contributed by atoms with Crippen molar-refractivity contribution in [3.05, 3.63) is 21.8 Å². The Labute approximate surface area is 100 Å². The normalized spacial score (nSPS) is 10.7. The number of nitrogens with two attached hydrogens (primary N) is 1. The van der Waals surface area contributed by atoms with Crippen LogP contribution in [0.5, 0.6) is 5.06 Å². The third-order valence-electron chi connectivity index (χ3n) is 1.92. The molecule has 0 bridgehead atoms. The largest absolute Gasteiger partial charge is 0.484 e. The molecule has 1 aromatic carbocycles. The van der Waals surface area contributed by atoms with Crippen LogP contribution in [0.2, 0.25) is 0 Å². The van der Waals surface area contributed by atoms with E-state index in [1.807, 2.05) is 19.1 Å². The van der Waals surface area contributed by atoms with Gasteiger partial charge in [0.25, 0.3) is 0 Å². The standard InChI is InChI=1S/C10H10INOS/c1-2-13-8-5-6-3-4-7(12)9(11)10(6)14-8/h3-5H,2,12H2,1H3. The van der Waals surface area contributed by atoms with Crippen molar-refractivity contribution < 1.29 is 4.74 Å². The molecule has 0 saturated heterocycles. The van der Waals surface area contributed by atoms with Gasteiger partial charge in [-0.15, -0.1) is 0 Å². The monoisotopic (exact) mass is 319 g/mol. The number of hydrogen-bond donors (Lipinski definition) is 1. The molecule has 1 heterocycles. The molecule has 2 aromatic rings. The van der Waals surface area contributed by atoms with E-state index in [4.69, 9.17) is 10.5 Å². The Morgan fingerprint density at radius 3 is 3.00 bits per heavy atom. The highest BCUT2D eigenvalue weighted by molar-refractivity contribution is 14.1. The summed E-state index contributed by atoms with van der Waals surface area (Å²) in [6.45, 7) is 2.70. The summed E-state index contributed by atoms with van der Waals surface area (Å²) in [5, 5.41) is 2.17. The van der Waals surface area contributed by atoms with Crippen LogP contribution in [0.4, 0.5) is 5.69 Å². The van der Waals surface area contributed by atoms with Crippen LogP contribution < -0.4 is 10.5 Å². The van der Waals surface area contributed by atoms with Gasteiger partial charge in [-0.3, -0.25) is 0 Å². The number of anilines is 1. The van der Waals surface area contributed by atoms with Gasteiger partial charge in [-0.1, -0.05) is 17.4 Å². The molecule has 0 fully saturated rings. The molecular formula is C10H10INOS. The van der Waals surface area contributed by atoms with Gasteiger partial charge in [0, 0.05) is 5.69 Å². The SMILES string of the molecule is CCOc1cc2ccc(N)c(I)c2s1. The Hall–Kier alpha value is -0.490. The highest BCUT2D eigenvalue weighted by atomic mass is 127. The fourth-order valence-corrected chi connectivity index (χ4v) is 3.11. The zero-order valence-corrected chi connectivity index (χ0v) is 10.7. The summed E-state index contributed by atoms with van der Waals surface area (Å²) in [6, 6.07) is 6.03. The van der Waals surface area contributed by atoms with E-state index in [9.17, 15) is 0 Å². The number of benzene rings is 1. The summed E-state index contributed by atoms with van der Waals surface area (Å²) in [5.74, 6) is 0. The average Bonchev–Trinajstić information content (AvgIpc) is 2.56. The first-order valence-electron chi connectivity index (χ1n) is 4.32. The van der Waals surface area contributed by atoms with Gasteiger partial charge >= 0.3 is 0 Å². The second-order valence-electron chi connectivity index (χ2n) is 2.89. The number of nitrogen functional groups attached to an aromatic ring is 1. The molecule has 74 valence electrons. The van der Waals surface area contributed by atoms with Gasteiger partial charge in [0.2, 0.25) is 0 Å². The van der Waals surface area contributed by atoms with Crippen LogP contribution in [0.1, 0.15) is 6.92 Å². The van der Waals surface area contributed by atoms with E-state index in [2.05, 4.69) is 28.7 Å². The smallest absolute Gasteiger partial charge is 0.174 e. The molecule has 1 aromatic heterocycles. The second-order valence-corrected chi connectivity index (χ2v) is 4.98. The molecule has 14 heavy (non-hydrogen) atoms. The van der Waals surface area contributed by atoms with Crippen molar-refractivity contribution in [1.29, 1.82) is 0 Å². The van der Waals surface area contributed by atoms with E-state index in [1.165, 1.54) is 10.1 Å². The van der Waals surface area contributed by atoms with E-state index < -0.39 is 0 Å². The number of fused-ring (bicyclic) bond motifs is 1. The summed E-state index contributed by atoms with van der Waals surface area (Å²) in [7, 11) is 0. The van der Waals surface area contributed by atoms with Crippen LogP contribution in [0.25, 0.3) is 10.1 Å². The van der Waals surface area contributed by atoms with Crippen LogP contribution in [-0.2, 0) is 0 Å². The zero-order valence-electron chi connectivity index (χ0n) is 7.71. The molecule has 0 aliphatic heterocycles. The predicted molar refractivity (Wildman–Crippen MR) is 70.1 cm³/mol. The maximum atomic E-state index is 5.83. The second kappa shape index (κ2) is 3.94. The maximum absolute atomic E-state index is 5.83. The predicted octanol–water partition coefficient (Wildman–Crippen LogP) is 3.49. The van der Waals surface area contributed by atoms with Crippen molar-refractivity contribution >= 4 is 49.7 Å². The van der Waals surface area contributed by atoms with Crippen molar-refractivity contribution in [3.63, 3.8) is 0 Å². The first-order valence-corrected chi connectivity index (χ1v) is 6.22. The Kier molecular flexibility index (Phi) is 2.83. The minimum Gasteiger partial charge on any atom is -0.484 e. The highest BCUT2D eigenvalue weighted by Crippen LogP contribution is 2.36. The summed E-state index contributed by atoms with van der Waals surface area (Å²) >= 11 is 3.93. The summed E-state index contributed by atoms with van der Waals surface area (Å²) in [6.07, 6.45) is 0. The topological polar surface area (TPSA) is 35.2 Å². The van der Waals surface area contributed by atoms with Crippen LogP contribution >= 0.6 is 33.9 Å².